The third kappa shape index (κ3) is 2.43. The van der Waals surface area contributed by atoms with Gasteiger partial charge in [-0.25, -0.2) is 8.42 Å². The predicted molar refractivity (Wildman–Crippen MR) is 71.8 cm³/mol. The molecule has 0 spiro atoms. The summed E-state index contributed by atoms with van der Waals surface area (Å²) < 4.78 is 27.0. The molecule has 0 aromatic heterocycles. The first kappa shape index (κ1) is 13.5. The van der Waals surface area contributed by atoms with Crippen LogP contribution in [-0.2, 0) is 16.6 Å². The zero-order valence-electron chi connectivity index (χ0n) is 10.9. The molecule has 0 radical (unpaired) electrons. The van der Waals surface area contributed by atoms with E-state index in [-0.39, 0.29) is 6.04 Å². The summed E-state index contributed by atoms with van der Waals surface area (Å²) in [5.74, 6) is 0. The number of fused-ring (bicyclic) bond motifs is 1. The summed E-state index contributed by atoms with van der Waals surface area (Å²) in [7, 11) is -3.36. The zero-order chi connectivity index (χ0) is 13.2. The molecule has 0 saturated carbocycles. The molecule has 5 heteroatoms. The predicted octanol–water partition coefficient (Wildman–Crippen LogP) is 1.58. The Labute approximate surface area is 109 Å². The van der Waals surface area contributed by atoms with E-state index >= 15 is 0 Å². The van der Waals surface area contributed by atoms with Gasteiger partial charge in [0.05, 0.1) is 4.90 Å². The van der Waals surface area contributed by atoms with Gasteiger partial charge in [0.1, 0.15) is 0 Å². The van der Waals surface area contributed by atoms with Crippen molar-refractivity contribution in [2.45, 2.75) is 37.8 Å². The highest BCUT2D eigenvalue weighted by atomic mass is 32.2. The minimum Gasteiger partial charge on any atom is -0.311 e. The van der Waals surface area contributed by atoms with Crippen molar-refractivity contribution >= 4 is 10.0 Å². The van der Waals surface area contributed by atoms with Crippen molar-refractivity contribution in [1.82, 2.24) is 9.62 Å². The molecule has 1 atom stereocenters. The van der Waals surface area contributed by atoms with E-state index in [0.29, 0.717) is 24.5 Å². The third-order valence-electron chi connectivity index (χ3n) is 3.47. The molecule has 18 heavy (non-hydrogen) atoms. The molecule has 1 aliphatic heterocycles. The quantitative estimate of drug-likeness (QED) is 0.886. The summed E-state index contributed by atoms with van der Waals surface area (Å²) in [5, 5.41) is 3.28. The Morgan fingerprint density at radius 3 is 2.83 bits per heavy atom. The minimum absolute atomic E-state index is 0.0305. The lowest BCUT2D eigenvalue weighted by atomic mass is 10.2. The van der Waals surface area contributed by atoms with Gasteiger partial charge in [0.15, 0.2) is 0 Å². The summed E-state index contributed by atoms with van der Waals surface area (Å²) in [6.07, 6.45) is 0.821. The summed E-state index contributed by atoms with van der Waals surface area (Å²) in [5.41, 5.74) is 0.852. The van der Waals surface area contributed by atoms with Crippen LogP contribution in [0, 0.1) is 0 Å². The number of hydrogen-bond donors (Lipinski definition) is 1. The Hall–Kier alpha value is -0.910. The zero-order valence-corrected chi connectivity index (χ0v) is 11.7. The Bertz CT molecular complexity index is 513. The number of nitrogens with zero attached hydrogens (tertiary/aromatic N) is 1. The van der Waals surface area contributed by atoms with Crippen molar-refractivity contribution in [3.63, 3.8) is 0 Å². The lowest BCUT2D eigenvalue weighted by molar-refractivity contribution is 0.322. The van der Waals surface area contributed by atoms with E-state index in [2.05, 4.69) is 5.32 Å². The lowest BCUT2D eigenvalue weighted by Gasteiger charge is -2.30. The second-order valence-corrected chi connectivity index (χ2v) is 6.52. The minimum atomic E-state index is -3.36. The molecule has 1 aliphatic rings. The molecule has 0 bridgehead atoms. The van der Waals surface area contributed by atoms with Crippen LogP contribution in [0.2, 0.25) is 0 Å². The second-order valence-electron chi connectivity index (χ2n) is 4.66. The maximum atomic E-state index is 12.7. The normalized spacial score (nSPS) is 21.7. The van der Waals surface area contributed by atoms with Gasteiger partial charge in [-0.05, 0) is 25.0 Å². The van der Waals surface area contributed by atoms with Crippen LogP contribution < -0.4 is 5.32 Å². The molecule has 1 aromatic rings. The van der Waals surface area contributed by atoms with E-state index in [9.17, 15) is 8.42 Å². The lowest BCUT2D eigenvalue weighted by Crippen LogP contribution is -2.44. The Morgan fingerprint density at radius 2 is 2.11 bits per heavy atom. The average Bonchev–Trinajstić information content (AvgIpc) is 2.36. The largest absolute Gasteiger partial charge is 0.311 e. The van der Waals surface area contributed by atoms with Crippen LogP contribution in [0.3, 0.4) is 0 Å². The highest BCUT2D eigenvalue weighted by molar-refractivity contribution is 7.89. The molecule has 1 unspecified atom stereocenters. The third-order valence-corrected chi connectivity index (χ3v) is 5.58. The van der Waals surface area contributed by atoms with Gasteiger partial charge < -0.3 is 5.32 Å². The van der Waals surface area contributed by atoms with Gasteiger partial charge in [0, 0.05) is 25.7 Å². The van der Waals surface area contributed by atoms with Crippen molar-refractivity contribution < 1.29 is 8.42 Å². The Kier molecular flexibility index (Phi) is 4.04. The monoisotopic (exact) mass is 268 g/mol. The van der Waals surface area contributed by atoms with E-state index in [1.54, 1.807) is 16.4 Å². The van der Waals surface area contributed by atoms with Crippen molar-refractivity contribution in [3.05, 3.63) is 29.8 Å². The smallest absolute Gasteiger partial charge is 0.243 e. The first-order valence-electron chi connectivity index (χ1n) is 6.38. The molecule has 0 aliphatic carbocycles. The van der Waals surface area contributed by atoms with Gasteiger partial charge in [0.25, 0.3) is 0 Å². The Morgan fingerprint density at radius 1 is 1.39 bits per heavy atom. The van der Waals surface area contributed by atoms with E-state index in [4.69, 9.17) is 0 Å². The molecule has 2 rings (SSSR count). The molecular formula is C13H20N2O2S. The van der Waals surface area contributed by atoms with Crippen LogP contribution in [0.5, 0.6) is 0 Å². The summed E-state index contributed by atoms with van der Waals surface area (Å²) in [6, 6.07) is 7.27. The van der Waals surface area contributed by atoms with Crippen molar-refractivity contribution in [2.24, 2.45) is 0 Å². The maximum absolute atomic E-state index is 12.7. The van der Waals surface area contributed by atoms with Crippen LogP contribution in [0.1, 0.15) is 25.8 Å². The van der Waals surface area contributed by atoms with E-state index in [1.807, 2.05) is 26.0 Å². The van der Waals surface area contributed by atoms with Crippen LogP contribution in [0.25, 0.3) is 0 Å². The fraction of sp³-hybridized carbons (Fsp3) is 0.538. The van der Waals surface area contributed by atoms with Gasteiger partial charge in [-0.1, -0.05) is 25.1 Å². The second kappa shape index (κ2) is 5.38. The summed E-state index contributed by atoms with van der Waals surface area (Å²) in [6.45, 7) is 5.81. The first-order valence-corrected chi connectivity index (χ1v) is 7.82. The molecule has 0 saturated heterocycles. The highest BCUT2D eigenvalue weighted by Gasteiger charge is 2.30. The number of nitrogens with one attached hydrogen (secondary N) is 1. The van der Waals surface area contributed by atoms with Gasteiger partial charge in [0.2, 0.25) is 10.0 Å². The van der Waals surface area contributed by atoms with E-state index < -0.39 is 10.0 Å². The first-order chi connectivity index (χ1) is 8.57. The molecule has 100 valence electrons. The fourth-order valence-corrected chi connectivity index (χ4v) is 4.15. The van der Waals surface area contributed by atoms with Crippen molar-refractivity contribution in [2.75, 3.05) is 13.1 Å². The average molecular weight is 268 g/mol. The van der Waals surface area contributed by atoms with Gasteiger partial charge in [-0.15, -0.1) is 0 Å². The molecular weight excluding hydrogens is 248 g/mol. The number of hydrogen-bond acceptors (Lipinski definition) is 3. The van der Waals surface area contributed by atoms with Crippen molar-refractivity contribution in [3.8, 4) is 0 Å². The summed E-state index contributed by atoms with van der Waals surface area (Å²) >= 11 is 0. The van der Waals surface area contributed by atoms with Crippen LogP contribution in [0.15, 0.2) is 29.2 Å². The van der Waals surface area contributed by atoms with Gasteiger partial charge in [-0.3, -0.25) is 0 Å². The van der Waals surface area contributed by atoms with Gasteiger partial charge >= 0.3 is 0 Å². The van der Waals surface area contributed by atoms with Crippen LogP contribution in [-0.4, -0.2) is 31.9 Å². The molecule has 1 N–H and O–H groups in total. The number of sulfonamides is 1. The topological polar surface area (TPSA) is 49.4 Å². The number of benzene rings is 1. The highest BCUT2D eigenvalue weighted by Crippen LogP contribution is 2.24. The standard InChI is InChI=1S/C13H20N2O2S/c1-3-11(2)15-9-8-14-10-12-6-4-5-7-13(12)18(15,16)17/h4-7,11,14H,3,8-10H2,1-2H3. The molecule has 4 nitrogen and oxygen atoms in total. The van der Waals surface area contributed by atoms with E-state index in [1.165, 1.54) is 0 Å². The maximum Gasteiger partial charge on any atom is 0.243 e. The van der Waals surface area contributed by atoms with Crippen LogP contribution >= 0.6 is 0 Å². The van der Waals surface area contributed by atoms with Crippen LogP contribution in [0.4, 0.5) is 0 Å². The van der Waals surface area contributed by atoms with E-state index in [0.717, 1.165) is 12.0 Å². The van der Waals surface area contributed by atoms with Crippen molar-refractivity contribution in [1.29, 1.82) is 0 Å². The molecule has 0 amide bonds. The Balaban J connectivity index is 2.50. The summed E-state index contributed by atoms with van der Waals surface area (Å²) in [4.78, 5) is 0.442. The fourth-order valence-electron chi connectivity index (χ4n) is 2.22. The molecule has 1 heterocycles. The number of rotatable bonds is 2. The van der Waals surface area contributed by atoms with Gasteiger partial charge in [-0.2, -0.15) is 4.31 Å². The molecule has 0 fully saturated rings. The SMILES string of the molecule is CCC(C)N1CCNCc2ccccc2S1(=O)=O. The molecule has 1 aromatic carbocycles.